The van der Waals surface area contributed by atoms with Gasteiger partial charge in [0.25, 0.3) is 5.91 Å². The van der Waals surface area contributed by atoms with Gasteiger partial charge in [-0.15, -0.1) is 12.4 Å². The Hall–Kier alpha value is -0.940. The first-order valence-corrected chi connectivity index (χ1v) is 6.41. The molecule has 1 aliphatic heterocycles. The standard InChI is InChI=1S/C11H15N3OS.ClH/c12-10-3-4-13-7-9(10)11(15)14-6-8-2-1-5-16-8;/h3-4,7-8H,1-2,5-6H2,(H2,12,13)(H,14,15);1H. The van der Waals surface area contributed by atoms with Crippen LogP contribution in [0, 0.1) is 0 Å². The number of anilines is 1. The van der Waals surface area contributed by atoms with Gasteiger partial charge < -0.3 is 11.1 Å². The molecule has 2 heterocycles. The topological polar surface area (TPSA) is 68.0 Å². The third-order valence-electron chi connectivity index (χ3n) is 2.61. The first-order chi connectivity index (χ1) is 7.77. The third kappa shape index (κ3) is 3.78. The van der Waals surface area contributed by atoms with Crippen LogP contribution >= 0.6 is 24.2 Å². The van der Waals surface area contributed by atoms with Crippen molar-refractivity contribution < 1.29 is 4.79 Å². The molecule has 1 aromatic rings. The van der Waals surface area contributed by atoms with Crippen LogP contribution in [0.25, 0.3) is 0 Å². The normalized spacial score (nSPS) is 18.5. The summed E-state index contributed by atoms with van der Waals surface area (Å²) < 4.78 is 0. The number of amides is 1. The lowest BCUT2D eigenvalue weighted by atomic mass is 10.2. The van der Waals surface area contributed by atoms with Crippen molar-refractivity contribution in [3.05, 3.63) is 24.0 Å². The van der Waals surface area contributed by atoms with Crippen molar-refractivity contribution in [2.24, 2.45) is 0 Å². The number of hydrogen-bond acceptors (Lipinski definition) is 4. The zero-order chi connectivity index (χ0) is 11.4. The zero-order valence-corrected chi connectivity index (χ0v) is 11.0. The van der Waals surface area contributed by atoms with Gasteiger partial charge in [0.15, 0.2) is 0 Å². The Morgan fingerprint density at radius 2 is 2.47 bits per heavy atom. The SMILES string of the molecule is Cl.Nc1ccncc1C(=O)NCC1CCCS1. The van der Waals surface area contributed by atoms with E-state index in [4.69, 9.17) is 5.73 Å². The number of nitrogens with two attached hydrogens (primary N) is 1. The number of halogens is 1. The maximum Gasteiger partial charge on any atom is 0.254 e. The molecule has 6 heteroatoms. The fourth-order valence-electron chi connectivity index (χ4n) is 1.70. The highest BCUT2D eigenvalue weighted by atomic mass is 35.5. The molecular weight excluding hydrogens is 258 g/mol. The van der Waals surface area contributed by atoms with Gasteiger partial charge in [-0.25, -0.2) is 0 Å². The summed E-state index contributed by atoms with van der Waals surface area (Å²) in [5.74, 6) is 1.08. The van der Waals surface area contributed by atoms with Crippen LogP contribution in [-0.4, -0.2) is 28.4 Å². The van der Waals surface area contributed by atoms with Crippen molar-refractivity contribution in [1.82, 2.24) is 10.3 Å². The molecular formula is C11H16ClN3OS. The second-order valence-corrected chi connectivity index (χ2v) is 5.22. The average molecular weight is 274 g/mol. The lowest BCUT2D eigenvalue weighted by Gasteiger charge is -2.10. The lowest BCUT2D eigenvalue weighted by Crippen LogP contribution is -2.30. The van der Waals surface area contributed by atoms with Gasteiger partial charge in [-0.2, -0.15) is 11.8 Å². The summed E-state index contributed by atoms with van der Waals surface area (Å²) in [5.41, 5.74) is 6.64. The predicted molar refractivity (Wildman–Crippen MR) is 73.7 cm³/mol. The van der Waals surface area contributed by atoms with Crippen molar-refractivity contribution in [3.63, 3.8) is 0 Å². The highest BCUT2D eigenvalue weighted by molar-refractivity contribution is 8.00. The number of aromatic nitrogens is 1. The summed E-state index contributed by atoms with van der Waals surface area (Å²) in [7, 11) is 0. The third-order valence-corrected chi connectivity index (χ3v) is 4.01. The van der Waals surface area contributed by atoms with E-state index in [1.165, 1.54) is 24.8 Å². The number of pyridine rings is 1. The van der Waals surface area contributed by atoms with Crippen molar-refractivity contribution in [3.8, 4) is 0 Å². The van der Waals surface area contributed by atoms with Crippen molar-refractivity contribution in [2.45, 2.75) is 18.1 Å². The summed E-state index contributed by atoms with van der Waals surface area (Å²) in [4.78, 5) is 15.7. The van der Waals surface area contributed by atoms with Crippen LogP contribution in [0.2, 0.25) is 0 Å². The van der Waals surface area contributed by atoms with Gasteiger partial charge in [-0.3, -0.25) is 9.78 Å². The fourth-order valence-corrected chi connectivity index (χ4v) is 2.90. The minimum absolute atomic E-state index is 0. The second kappa shape index (κ2) is 6.71. The van der Waals surface area contributed by atoms with Gasteiger partial charge in [0.05, 0.1) is 5.56 Å². The van der Waals surface area contributed by atoms with E-state index in [1.54, 1.807) is 12.3 Å². The minimum Gasteiger partial charge on any atom is -0.398 e. The number of nitrogen functional groups attached to an aromatic ring is 1. The molecule has 0 aromatic carbocycles. The number of nitrogens with zero attached hydrogens (tertiary/aromatic N) is 1. The molecule has 0 bridgehead atoms. The maximum absolute atomic E-state index is 11.8. The van der Waals surface area contributed by atoms with Crippen LogP contribution in [0.15, 0.2) is 18.5 Å². The Balaban J connectivity index is 0.00000144. The van der Waals surface area contributed by atoms with Gasteiger partial charge in [0.2, 0.25) is 0 Å². The highest BCUT2D eigenvalue weighted by Gasteiger charge is 2.17. The monoisotopic (exact) mass is 273 g/mol. The first kappa shape index (κ1) is 14.1. The van der Waals surface area contributed by atoms with Crippen LogP contribution in [0.1, 0.15) is 23.2 Å². The Kier molecular flexibility index (Phi) is 5.58. The van der Waals surface area contributed by atoms with E-state index in [9.17, 15) is 4.79 Å². The Bertz CT molecular complexity index is 383. The fraction of sp³-hybridized carbons (Fsp3) is 0.455. The maximum atomic E-state index is 11.8. The molecule has 1 atom stereocenters. The molecule has 1 amide bonds. The molecule has 3 N–H and O–H groups in total. The molecule has 0 spiro atoms. The van der Waals surface area contributed by atoms with Crippen molar-refractivity contribution in [1.29, 1.82) is 0 Å². The molecule has 0 radical (unpaired) electrons. The van der Waals surface area contributed by atoms with Crippen LogP contribution in [-0.2, 0) is 0 Å². The largest absolute Gasteiger partial charge is 0.398 e. The smallest absolute Gasteiger partial charge is 0.254 e. The molecule has 1 fully saturated rings. The van der Waals surface area contributed by atoms with E-state index in [2.05, 4.69) is 10.3 Å². The second-order valence-electron chi connectivity index (χ2n) is 3.81. The first-order valence-electron chi connectivity index (χ1n) is 5.36. The quantitative estimate of drug-likeness (QED) is 0.880. The molecule has 1 aliphatic rings. The van der Waals surface area contributed by atoms with Gasteiger partial charge in [0.1, 0.15) is 0 Å². The van der Waals surface area contributed by atoms with E-state index in [-0.39, 0.29) is 18.3 Å². The molecule has 0 aliphatic carbocycles. The minimum atomic E-state index is -0.127. The summed E-state index contributed by atoms with van der Waals surface area (Å²) in [6.45, 7) is 0.720. The summed E-state index contributed by atoms with van der Waals surface area (Å²) in [5, 5.41) is 3.46. The highest BCUT2D eigenvalue weighted by Crippen LogP contribution is 2.25. The van der Waals surface area contributed by atoms with E-state index >= 15 is 0 Å². The Morgan fingerprint density at radius 3 is 3.12 bits per heavy atom. The average Bonchev–Trinajstić information content (AvgIpc) is 2.79. The van der Waals surface area contributed by atoms with Gasteiger partial charge in [-0.05, 0) is 24.7 Å². The molecule has 1 aromatic heterocycles. The number of carbonyl (C=O) groups excluding carboxylic acids is 1. The molecule has 17 heavy (non-hydrogen) atoms. The number of rotatable bonds is 3. The summed E-state index contributed by atoms with van der Waals surface area (Å²) in [6, 6.07) is 1.64. The van der Waals surface area contributed by atoms with Gasteiger partial charge in [0, 0.05) is 29.9 Å². The number of nitrogens with one attached hydrogen (secondary N) is 1. The number of hydrogen-bond donors (Lipinski definition) is 2. The Morgan fingerprint density at radius 1 is 1.65 bits per heavy atom. The molecule has 1 unspecified atom stereocenters. The van der Waals surface area contributed by atoms with Crippen LogP contribution < -0.4 is 11.1 Å². The number of thioether (sulfide) groups is 1. The summed E-state index contributed by atoms with van der Waals surface area (Å²) >= 11 is 1.92. The summed E-state index contributed by atoms with van der Waals surface area (Å²) in [6.07, 6.45) is 5.53. The van der Waals surface area contributed by atoms with Crippen LogP contribution in [0.5, 0.6) is 0 Å². The Labute approximate surface area is 111 Å². The number of carbonyl (C=O) groups is 1. The van der Waals surface area contributed by atoms with E-state index < -0.39 is 0 Å². The lowest BCUT2D eigenvalue weighted by molar-refractivity contribution is 0.0954. The van der Waals surface area contributed by atoms with Crippen LogP contribution in [0.4, 0.5) is 5.69 Å². The molecule has 0 saturated carbocycles. The molecule has 1 saturated heterocycles. The van der Waals surface area contributed by atoms with E-state index in [0.717, 1.165) is 6.54 Å². The van der Waals surface area contributed by atoms with Gasteiger partial charge in [-0.1, -0.05) is 0 Å². The van der Waals surface area contributed by atoms with Crippen molar-refractivity contribution >= 4 is 35.8 Å². The predicted octanol–water partition coefficient (Wildman–Crippen LogP) is 1.71. The van der Waals surface area contributed by atoms with Crippen LogP contribution in [0.3, 0.4) is 0 Å². The van der Waals surface area contributed by atoms with Gasteiger partial charge >= 0.3 is 0 Å². The van der Waals surface area contributed by atoms with Crippen molar-refractivity contribution in [2.75, 3.05) is 18.0 Å². The zero-order valence-electron chi connectivity index (χ0n) is 9.39. The van der Waals surface area contributed by atoms with E-state index in [0.29, 0.717) is 16.5 Å². The molecule has 4 nitrogen and oxygen atoms in total. The molecule has 94 valence electrons. The molecule has 2 rings (SSSR count). The van der Waals surface area contributed by atoms with E-state index in [1.807, 2.05) is 11.8 Å².